The van der Waals surface area contributed by atoms with E-state index < -0.39 is 11.7 Å². The maximum absolute atomic E-state index is 14.2. The summed E-state index contributed by atoms with van der Waals surface area (Å²) in [6.07, 6.45) is -4.69. The summed E-state index contributed by atoms with van der Waals surface area (Å²) in [5.41, 5.74) is 15.1. The van der Waals surface area contributed by atoms with Gasteiger partial charge in [-0.2, -0.15) is 44.7 Å². The maximum atomic E-state index is 14.2. The van der Waals surface area contributed by atoms with Crippen molar-refractivity contribution in [3.05, 3.63) is 263 Å². The molecule has 2 heterocycles. The second-order valence-electron chi connectivity index (χ2n) is 20.3. The Labute approximate surface area is 479 Å². The minimum absolute atomic E-state index is 0.162. The molecule has 0 fully saturated rings. The molecule has 0 aliphatic heterocycles. The zero-order valence-electron chi connectivity index (χ0n) is 44.1. The van der Waals surface area contributed by atoms with Gasteiger partial charge in [0.2, 0.25) is 0 Å². The van der Waals surface area contributed by atoms with Gasteiger partial charge in [-0.25, -0.2) is 0 Å². The fourth-order valence-electron chi connectivity index (χ4n) is 11.4. The monoisotopic (exact) mass is 1080 g/mol. The number of fused-ring (bicyclic) bond motifs is 6. The molecule has 0 amide bonds. The molecule has 11 heteroatoms. The van der Waals surface area contributed by atoms with Gasteiger partial charge in [0.05, 0.1) is 109 Å². The summed E-state index contributed by atoms with van der Waals surface area (Å²) >= 11 is 0. The van der Waals surface area contributed by atoms with E-state index in [0.717, 1.165) is 100 Å². The van der Waals surface area contributed by atoms with Gasteiger partial charge < -0.3 is 9.13 Å². The van der Waals surface area contributed by atoms with E-state index in [0.29, 0.717) is 55.9 Å². The molecule has 0 radical (unpaired) electrons. The molecule has 0 N–H and O–H groups in total. The van der Waals surface area contributed by atoms with Gasteiger partial charge in [0, 0.05) is 32.7 Å². The molecule has 0 atom stereocenters. The smallest absolute Gasteiger partial charge is 0.309 e. The van der Waals surface area contributed by atoms with Crippen molar-refractivity contribution in [2.75, 3.05) is 0 Å². The Hall–Kier alpha value is -12.3. The molecule has 13 rings (SSSR count). The first-order valence-corrected chi connectivity index (χ1v) is 26.5. The van der Waals surface area contributed by atoms with Gasteiger partial charge in [-0.05, 0) is 189 Å². The molecule has 0 aliphatic rings. The van der Waals surface area contributed by atoms with Crippen LogP contribution in [0.1, 0.15) is 38.9 Å². The van der Waals surface area contributed by atoms with Crippen LogP contribution < -0.4 is 0 Å². The number of hydrogen-bond acceptors (Lipinski definition) is 6. The predicted molar refractivity (Wildman–Crippen MR) is 321 cm³/mol. The average molecular weight is 1080 g/mol. The Morgan fingerprint density at radius 1 is 0.262 bits per heavy atom. The molecule has 13 aromatic rings. The summed E-state index contributed by atoms with van der Waals surface area (Å²) in [6, 6.07) is 81.8. The fraction of sp³-hybridized carbons (Fsp3) is 0.0137. The summed E-state index contributed by atoms with van der Waals surface area (Å²) in [5.74, 6) is 0. The minimum atomic E-state index is -4.69. The zero-order chi connectivity index (χ0) is 57.8. The van der Waals surface area contributed by atoms with Crippen molar-refractivity contribution in [2.24, 2.45) is 0 Å². The average Bonchev–Trinajstić information content (AvgIpc) is 2.25. The van der Waals surface area contributed by atoms with E-state index >= 15 is 0 Å². The van der Waals surface area contributed by atoms with Gasteiger partial charge >= 0.3 is 6.18 Å². The van der Waals surface area contributed by atoms with Crippen molar-refractivity contribution < 1.29 is 13.2 Å². The molecule has 11 aromatic carbocycles. The summed E-state index contributed by atoms with van der Waals surface area (Å²) in [4.78, 5) is 0. The van der Waals surface area contributed by atoms with Crippen LogP contribution in [-0.2, 0) is 6.18 Å². The molecule has 0 bridgehead atoms. The highest BCUT2D eigenvalue weighted by Crippen LogP contribution is 2.46. The molecule has 390 valence electrons. The molecule has 8 nitrogen and oxygen atoms in total. The van der Waals surface area contributed by atoms with Crippen LogP contribution >= 0.6 is 0 Å². The number of rotatable bonds is 8. The van der Waals surface area contributed by atoms with Crippen molar-refractivity contribution in [3.8, 4) is 115 Å². The number of hydrogen-bond donors (Lipinski definition) is 0. The number of halogens is 3. The van der Waals surface area contributed by atoms with E-state index in [1.807, 2.05) is 121 Å². The van der Waals surface area contributed by atoms with Gasteiger partial charge in [0.1, 0.15) is 0 Å². The molecule has 0 saturated heterocycles. The van der Waals surface area contributed by atoms with E-state index in [2.05, 4.69) is 75.9 Å². The molecule has 0 saturated carbocycles. The van der Waals surface area contributed by atoms with Crippen molar-refractivity contribution in [3.63, 3.8) is 0 Å². The maximum Gasteiger partial charge on any atom is 0.416 e. The van der Waals surface area contributed by atoms with Crippen molar-refractivity contribution in [2.45, 2.75) is 6.18 Å². The third-order valence-corrected chi connectivity index (χ3v) is 15.6. The van der Waals surface area contributed by atoms with E-state index in [4.69, 9.17) is 0 Å². The summed E-state index contributed by atoms with van der Waals surface area (Å²) in [7, 11) is 0. The summed E-state index contributed by atoms with van der Waals surface area (Å²) in [5, 5.41) is 63.3. The lowest BCUT2D eigenvalue weighted by atomic mass is 9.92. The molecule has 0 unspecified atom stereocenters. The van der Waals surface area contributed by atoms with Crippen LogP contribution in [0.5, 0.6) is 0 Å². The Morgan fingerprint density at radius 3 is 0.952 bits per heavy atom. The highest BCUT2D eigenvalue weighted by atomic mass is 19.4. The Kier molecular flexibility index (Phi) is 12.5. The van der Waals surface area contributed by atoms with Crippen LogP contribution in [0.3, 0.4) is 0 Å². The Morgan fingerprint density at radius 2 is 0.595 bits per heavy atom. The number of nitrogens with zero attached hydrogens (tertiary/aromatic N) is 8. The van der Waals surface area contributed by atoms with Crippen LogP contribution in [0.2, 0.25) is 0 Å². The standard InChI is InChI=1S/C73H37F3N8/c74-73(75,76)59-23-25-60(58(32-59)43-82)57-22-30-67(83-68-26-18-53(49-10-1-44(38-77)2-11-49)33-63(68)64-34-54(19-27-69(64)83)50-12-3-45(39-78)4-13-50)62(37-57)61-24-9-48(42-81)31-72(61)84-70-28-20-55(51-14-5-46(40-79)6-15-51)35-65(70)66-36-56(21-29-71(66)84)52-16-7-47(41-80)8-17-52/h1-37H. The fourth-order valence-corrected chi connectivity index (χ4v) is 11.4. The third-order valence-electron chi connectivity index (χ3n) is 15.6. The number of benzene rings is 11. The zero-order valence-corrected chi connectivity index (χ0v) is 44.1. The van der Waals surface area contributed by atoms with Crippen molar-refractivity contribution in [1.82, 2.24) is 9.13 Å². The van der Waals surface area contributed by atoms with Gasteiger partial charge in [0.15, 0.2) is 0 Å². The highest BCUT2D eigenvalue weighted by molar-refractivity contribution is 6.14. The van der Waals surface area contributed by atoms with Crippen LogP contribution in [0.4, 0.5) is 13.2 Å². The minimum Gasteiger partial charge on any atom is -0.309 e. The van der Waals surface area contributed by atoms with Crippen LogP contribution in [0, 0.1) is 68.0 Å². The second kappa shape index (κ2) is 20.4. The van der Waals surface area contributed by atoms with E-state index in [9.17, 15) is 44.7 Å². The van der Waals surface area contributed by atoms with Crippen LogP contribution in [0.25, 0.3) is 122 Å². The van der Waals surface area contributed by atoms with E-state index in [1.54, 1.807) is 54.6 Å². The number of nitriles is 6. The van der Waals surface area contributed by atoms with E-state index in [1.165, 1.54) is 6.07 Å². The largest absolute Gasteiger partial charge is 0.416 e. The van der Waals surface area contributed by atoms with Gasteiger partial charge in [0.25, 0.3) is 0 Å². The summed E-state index contributed by atoms with van der Waals surface area (Å²) < 4.78 is 47.0. The molecule has 84 heavy (non-hydrogen) atoms. The lowest BCUT2D eigenvalue weighted by molar-refractivity contribution is -0.137. The Bertz CT molecular complexity index is 4930. The number of aromatic nitrogens is 2. The molecular formula is C73H37F3N8. The summed E-state index contributed by atoms with van der Waals surface area (Å²) in [6.45, 7) is 0. The third kappa shape index (κ3) is 8.87. The van der Waals surface area contributed by atoms with Gasteiger partial charge in [-0.15, -0.1) is 0 Å². The SMILES string of the molecule is N#Cc1ccc(-c2ccc3c(c2)c2cc(-c4ccc(C#N)cc4)ccc2n3-c2ccc(-c3ccc(C(F)(F)F)cc3C#N)cc2-c2ccc(C#N)cc2-n2c3ccc(-c4ccc(C#N)cc4)cc3c3cc(-c4ccc(C#N)cc4)ccc32)cc1. The number of alkyl halides is 3. The second-order valence-corrected chi connectivity index (χ2v) is 20.3. The molecule has 0 aliphatic carbocycles. The first kappa shape index (κ1) is 51.2. The molecule has 0 spiro atoms. The topological polar surface area (TPSA) is 153 Å². The first-order valence-electron chi connectivity index (χ1n) is 26.5. The highest BCUT2D eigenvalue weighted by Gasteiger charge is 2.32. The normalized spacial score (nSPS) is 11.2. The van der Waals surface area contributed by atoms with Crippen LogP contribution in [-0.4, -0.2) is 9.13 Å². The Balaban J connectivity index is 1.11. The lowest BCUT2D eigenvalue weighted by Crippen LogP contribution is -2.05. The first-order chi connectivity index (χ1) is 40.9. The van der Waals surface area contributed by atoms with Gasteiger partial charge in [-0.1, -0.05) is 91.0 Å². The van der Waals surface area contributed by atoms with Crippen LogP contribution in [0.15, 0.2) is 224 Å². The van der Waals surface area contributed by atoms with Crippen molar-refractivity contribution >= 4 is 43.6 Å². The lowest BCUT2D eigenvalue weighted by Gasteiger charge is -2.20. The molecular weight excluding hydrogens is 1050 g/mol. The quantitative estimate of drug-likeness (QED) is 0.148. The predicted octanol–water partition coefficient (Wildman–Crippen LogP) is 18.1. The van der Waals surface area contributed by atoms with E-state index in [-0.39, 0.29) is 11.1 Å². The van der Waals surface area contributed by atoms with Gasteiger partial charge in [-0.3, -0.25) is 0 Å². The molecule has 2 aromatic heterocycles. The van der Waals surface area contributed by atoms with Crippen molar-refractivity contribution in [1.29, 1.82) is 31.6 Å².